The lowest BCUT2D eigenvalue weighted by Crippen LogP contribution is -2.48. The molecule has 2 aromatic rings. The molecule has 10 nitrogen and oxygen atoms in total. The smallest absolute Gasteiger partial charge is 0.251 e. The van der Waals surface area contributed by atoms with Crippen LogP contribution in [0.25, 0.3) is 0 Å². The number of anilines is 3. The molecule has 11 heteroatoms. The molecule has 0 bridgehead atoms. The second-order valence-electron chi connectivity index (χ2n) is 10.6. The van der Waals surface area contributed by atoms with Crippen LogP contribution in [0, 0.1) is 0 Å². The van der Waals surface area contributed by atoms with E-state index in [1.165, 1.54) is 32.1 Å². The highest BCUT2D eigenvalue weighted by molar-refractivity contribution is 9.10. The van der Waals surface area contributed by atoms with Gasteiger partial charge in [0.15, 0.2) is 5.82 Å². The van der Waals surface area contributed by atoms with Crippen LogP contribution in [-0.2, 0) is 16.3 Å². The summed E-state index contributed by atoms with van der Waals surface area (Å²) in [7, 11) is 0. The molecule has 1 saturated carbocycles. The number of halogens is 1. The van der Waals surface area contributed by atoms with Gasteiger partial charge in [-0.3, -0.25) is 14.5 Å². The molecular weight excluding hydrogens is 562 g/mol. The van der Waals surface area contributed by atoms with E-state index in [2.05, 4.69) is 43.5 Å². The van der Waals surface area contributed by atoms with E-state index in [9.17, 15) is 9.59 Å². The third-order valence-corrected chi connectivity index (χ3v) is 8.82. The van der Waals surface area contributed by atoms with Gasteiger partial charge in [-0.2, -0.15) is 4.94 Å². The molecular formula is C28H38BrN7O3. The molecule has 0 atom stereocenters. The number of carbonyl (C=O) groups excluding carboxylic acids is 2. The van der Waals surface area contributed by atoms with Crippen LogP contribution in [0.4, 0.5) is 17.2 Å². The number of nitrogens with two attached hydrogens (primary N) is 1. The van der Waals surface area contributed by atoms with Gasteiger partial charge in [0.1, 0.15) is 5.69 Å². The minimum Gasteiger partial charge on any atom is -0.398 e. The van der Waals surface area contributed by atoms with Crippen molar-refractivity contribution in [2.45, 2.75) is 70.5 Å². The zero-order valence-corrected chi connectivity index (χ0v) is 24.1. The second-order valence-corrected chi connectivity index (χ2v) is 11.4. The molecule has 210 valence electrons. The Kier molecular flexibility index (Phi) is 8.89. The van der Waals surface area contributed by atoms with Crippen LogP contribution in [0.5, 0.6) is 0 Å². The molecule has 0 radical (unpaired) electrons. The molecule has 3 aliphatic rings. The number of likely N-dealkylation sites (tertiary alicyclic amines) is 1. The summed E-state index contributed by atoms with van der Waals surface area (Å²) in [6.45, 7) is 4.97. The van der Waals surface area contributed by atoms with Crippen molar-refractivity contribution in [2.75, 3.05) is 42.5 Å². The maximum Gasteiger partial charge on any atom is 0.251 e. The first kappa shape index (κ1) is 27.7. The van der Waals surface area contributed by atoms with Crippen LogP contribution < -0.4 is 21.6 Å². The Labute approximate surface area is 238 Å². The first-order valence-corrected chi connectivity index (χ1v) is 14.8. The zero-order valence-electron chi connectivity index (χ0n) is 22.5. The second kappa shape index (κ2) is 12.5. The van der Waals surface area contributed by atoms with Gasteiger partial charge in [-0.25, -0.2) is 15.5 Å². The maximum atomic E-state index is 13.1. The molecule has 1 aliphatic carbocycles. The summed E-state index contributed by atoms with van der Waals surface area (Å²) >= 11 is 3.54. The number of hydroxylamine groups is 1. The highest BCUT2D eigenvalue weighted by atomic mass is 79.9. The van der Waals surface area contributed by atoms with Crippen molar-refractivity contribution in [2.24, 2.45) is 0 Å². The predicted molar refractivity (Wildman–Crippen MR) is 155 cm³/mol. The molecule has 39 heavy (non-hydrogen) atoms. The van der Waals surface area contributed by atoms with Crippen molar-refractivity contribution in [3.8, 4) is 0 Å². The molecule has 1 aromatic carbocycles. The van der Waals surface area contributed by atoms with E-state index in [-0.39, 0.29) is 24.4 Å². The third kappa shape index (κ3) is 6.31. The van der Waals surface area contributed by atoms with E-state index in [0.717, 1.165) is 30.6 Å². The number of amides is 2. The van der Waals surface area contributed by atoms with E-state index in [1.54, 1.807) is 17.2 Å². The highest BCUT2D eigenvalue weighted by Crippen LogP contribution is 2.34. The van der Waals surface area contributed by atoms with Crippen molar-refractivity contribution in [1.29, 1.82) is 0 Å². The van der Waals surface area contributed by atoms with E-state index < -0.39 is 0 Å². The van der Waals surface area contributed by atoms with Gasteiger partial charge >= 0.3 is 0 Å². The van der Waals surface area contributed by atoms with Gasteiger partial charge in [0.2, 0.25) is 5.91 Å². The fourth-order valence-corrected chi connectivity index (χ4v) is 6.39. The minimum absolute atomic E-state index is 0.0431. The number of nitrogens with one attached hydrogen (secondary N) is 2. The molecule has 2 aliphatic heterocycles. The van der Waals surface area contributed by atoms with E-state index in [0.29, 0.717) is 47.2 Å². The summed E-state index contributed by atoms with van der Waals surface area (Å²) in [6, 6.07) is 8.14. The zero-order chi connectivity index (χ0) is 27.4. The number of hydrogen-bond donors (Lipinski definition) is 3. The molecule has 1 saturated heterocycles. The predicted octanol–water partition coefficient (Wildman–Crippen LogP) is 4.08. The van der Waals surface area contributed by atoms with Gasteiger partial charge in [0.25, 0.3) is 5.91 Å². The van der Waals surface area contributed by atoms with Crippen molar-refractivity contribution in [3.63, 3.8) is 0 Å². The van der Waals surface area contributed by atoms with Crippen LogP contribution in [0.1, 0.15) is 67.8 Å². The number of benzene rings is 1. The first-order chi connectivity index (χ1) is 18.9. The van der Waals surface area contributed by atoms with Crippen molar-refractivity contribution in [1.82, 2.24) is 20.1 Å². The summed E-state index contributed by atoms with van der Waals surface area (Å²) in [5.41, 5.74) is 12.3. The largest absolute Gasteiger partial charge is 0.398 e. The number of nitrogen functional groups attached to an aromatic ring is 1. The fraction of sp³-hybridized carbons (Fsp3) is 0.536. The Morgan fingerprint density at radius 2 is 1.97 bits per heavy atom. The van der Waals surface area contributed by atoms with Crippen molar-refractivity contribution < 1.29 is 14.5 Å². The molecule has 2 fully saturated rings. The van der Waals surface area contributed by atoms with Crippen LogP contribution in [-0.4, -0.2) is 64.9 Å². The number of fused-ring (bicyclic) bond motifs is 1. The number of nitrogens with zero attached hydrogens (tertiary/aromatic N) is 4. The quantitative estimate of drug-likeness (QED) is 0.389. The number of hydrogen-bond acceptors (Lipinski definition) is 8. The number of aromatic nitrogens is 1. The van der Waals surface area contributed by atoms with E-state index >= 15 is 0 Å². The van der Waals surface area contributed by atoms with Crippen molar-refractivity contribution >= 4 is 44.9 Å². The Morgan fingerprint density at radius 1 is 1.21 bits per heavy atom. The molecule has 4 N–H and O–H groups in total. The van der Waals surface area contributed by atoms with Crippen LogP contribution in [0.3, 0.4) is 0 Å². The Bertz CT molecular complexity index is 1180. The van der Waals surface area contributed by atoms with Crippen LogP contribution in [0.15, 0.2) is 34.9 Å². The van der Waals surface area contributed by atoms with E-state index in [1.807, 2.05) is 23.3 Å². The highest BCUT2D eigenvalue weighted by Gasteiger charge is 2.32. The van der Waals surface area contributed by atoms with Crippen LogP contribution >= 0.6 is 15.9 Å². The number of carbonyl (C=O) groups is 2. The summed E-state index contributed by atoms with van der Waals surface area (Å²) in [5.74, 6) is 0.336. The average Bonchev–Trinajstić information content (AvgIpc) is 3.41. The topological polar surface area (TPSA) is 116 Å². The lowest BCUT2D eigenvalue weighted by molar-refractivity contribution is -0.131. The van der Waals surface area contributed by atoms with E-state index in [4.69, 9.17) is 10.7 Å². The Morgan fingerprint density at radius 3 is 2.72 bits per heavy atom. The van der Waals surface area contributed by atoms with Gasteiger partial charge in [-0.05, 0) is 78.0 Å². The SMILES string of the molecule is CCN(Cc1cc(C(=O)NCC(=O)N2CCC(N3ONc4ncccc43)CC2)cc(Br)c1N)C1CCCCC1. The van der Waals surface area contributed by atoms with Gasteiger partial charge in [0.05, 0.1) is 18.3 Å². The summed E-state index contributed by atoms with van der Waals surface area (Å²) in [6.07, 6.45) is 9.51. The van der Waals surface area contributed by atoms with Gasteiger partial charge < -0.3 is 16.0 Å². The number of rotatable bonds is 8. The van der Waals surface area contributed by atoms with Crippen molar-refractivity contribution in [3.05, 3.63) is 46.1 Å². The van der Waals surface area contributed by atoms with Crippen LogP contribution in [0.2, 0.25) is 0 Å². The van der Waals surface area contributed by atoms with Gasteiger partial charge in [0, 0.05) is 41.9 Å². The Balaban J connectivity index is 1.14. The standard InChI is InChI=1S/C28H38BrN7O3/c1-2-34(21-7-4-3-5-8-21)18-20-15-19(16-23(29)26(20)30)28(38)32-17-25(37)35-13-10-22(11-14-35)36-24-9-6-12-31-27(24)33-39-36/h6,9,12,15-16,21-22H,2-5,7-8,10-11,13-14,17-18,30H2,1H3,(H,31,33)(H,32,38). The monoisotopic (exact) mass is 599 g/mol. The number of pyridine rings is 1. The fourth-order valence-electron chi connectivity index (χ4n) is 5.89. The lowest BCUT2D eigenvalue weighted by atomic mass is 9.93. The average molecular weight is 601 g/mol. The normalized spacial score (nSPS) is 18.2. The molecule has 2 amide bonds. The maximum absolute atomic E-state index is 13.1. The first-order valence-electron chi connectivity index (χ1n) is 14.0. The Hall–Kier alpha value is -2.89. The molecule has 3 heterocycles. The summed E-state index contributed by atoms with van der Waals surface area (Å²) in [5, 5.41) is 4.66. The summed E-state index contributed by atoms with van der Waals surface area (Å²) in [4.78, 5) is 40.1. The minimum atomic E-state index is -0.276. The molecule has 0 spiro atoms. The third-order valence-electron chi connectivity index (χ3n) is 8.16. The molecule has 5 rings (SSSR count). The van der Waals surface area contributed by atoms with Gasteiger partial charge in [-0.15, -0.1) is 0 Å². The molecule has 1 aromatic heterocycles. The van der Waals surface area contributed by atoms with Gasteiger partial charge in [-0.1, -0.05) is 26.2 Å². The number of piperidine rings is 1. The molecule has 0 unspecified atom stereocenters. The summed E-state index contributed by atoms with van der Waals surface area (Å²) < 4.78 is 0.702. The lowest BCUT2D eigenvalue weighted by Gasteiger charge is -2.35.